The Kier molecular flexibility index (Phi) is 6.49. The Morgan fingerprint density at radius 1 is 1.30 bits per heavy atom. The minimum atomic E-state index is 0.0584. The van der Waals surface area contributed by atoms with Crippen LogP contribution in [-0.2, 0) is 0 Å². The Morgan fingerprint density at radius 2 is 1.90 bits per heavy atom. The first kappa shape index (κ1) is 17.0. The van der Waals surface area contributed by atoms with Gasteiger partial charge in [0.2, 0.25) is 0 Å². The molecule has 20 heavy (non-hydrogen) atoms. The topological polar surface area (TPSA) is 62.3 Å². The molecule has 0 fully saturated rings. The van der Waals surface area contributed by atoms with Gasteiger partial charge >= 0.3 is 0 Å². The number of hydrogen-bond donors (Lipinski definition) is 2. The van der Waals surface area contributed by atoms with Gasteiger partial charge in [0.05, 0.1) is 4.47 Å². The maximum absolute atomic E-state index is 7.40. The largest absolute Gasteiger partial charge is 0.491 e. The molecule has 0 heterocycles. The van der Waals surface area contributed by atoms with Crippen LogP contribution >= 0.6 is 15.9 Å². The number of hydrogen-bond acceptors (Lipinski definition) is 3. The first-order chi connectivity index (χ1) is 9.32. The molecule has 4 nitrogen and oxygen atoms in total. The molecule has 0 radical (unpaired) electrons. The van der Waals surface area contributed by atoms with Crippen LogP contribution in [-0.4, -0.2) is 36.0 Å². The monoisotopic (exact) mass is 341 g/mol. The third-order valence-electron chi connectivity index (χ3n) is 3.18. The molecule has 3 N–H and O–H groups in total. The van der Waals surface area contributed by atoms with Gasteiger partial charge in [-0.1, -0.05) is 0 Å². The van der Waals surface area contributed by atoms with Crippen molar-refractivity contribution in [3.05, 3.63) is 28.2 Å². The number of nitrogens with two attached hydrogens (primary N) is 1. The van der Waals surface area contributed by atoms with Gasteiger partial charge in [0, 0.05) is 24.2 Å². The van der Waals surface area contributed by atoms with Gasteiger partial charge in [-0.05, 0) is 61.8 Å². The van der Waals surface area contributed by atoms with E-state index in [1.165, 1.54) is 0 Å². The van der Waals surface area contributed by atoms with Crippen LogP contribution in [0.15, 0.2) is 22.7 Å². The van der Waals surface area contributed by atoms with Crippen molar-refractivity contribution in [2.75, 3.05) is 13.2 Å². The molecule has 1 rings (SSSR count). The Bertz CT molecular complexity index is 452. The number of halogens is 1. The van der Waals surface area contributed by atoms with Crippen molar-refractivity contribution < 1.29 is 4.74 Å². The molecule has 0 bridgehead atoms. The van der Waals surface area contributed by atoms with Gasteiger partial charge in [-0.3, -0.25) is 10.3 Å². The van der Waals surface area contributed by atoms with E-state index >= 15 is 0 Å². The minimum Gasteiger partial charge on any atom is -0.491 e. The zero-order valence-electron chi connectivity index (χ0n) is 12.6. The number of amidine groups is 1. The van der Waals surface area contributed by atoms with Crippen LogP contribution in [0.1, 0.15) is 33.3 Å². The molecule has 1 aromatic rings. The summed E-state index contributed by atoms with van der Waals surface area (Å²) in [5.41, 5.74) is 6.14. The first-order valence-corrected chi connectivity index (χ1v) is 7.64. The van der Waals surface area contributed by atoms with Gasteiger partial charge in [0.25, 0.3) is 0 Å². The standard InChI is InChI=1S/C15H24BrN3O/c1-10(2)19(11(3)4)7-8-20-14-6-5-12(15(17)18)9-13(14)16/h5-6,9-11H,7-8H2,1-4H3,(H3,17,18). The third kappa shape index (κ3) is 4.80. The lowest BCUT2D eigenvalue weighted by molar-refractivity contribution is 0.141. The van der Waals surface area contributed by atoms with E-state index in [2.05, 4.69) is 48.5 Å². The fourth-order valence-corrected chi connectivity index (χ4v) is 2.65. The van der Waals surface area contributed by atoms with Crippen LogP contribution < -0.4 is 10.5 Å². The molecular weight excluding hydrogens is 318 g/mol. The van der Waals surface area contributed by atoms with Crippen LogP contribution in [0.4, 0.5) is 0 Å². The molecule has 0 unspecified atom stereocenters. The summed E-state index contributed by atoms with van der Waals surface area (Å²) in [5, 5.41) is 7.40. The van der Waals surface area contributed by atoms with E-state index < -0.39 is 0 Å². The molecular formula is C15H24BrN3O. The Hall–Kier alpha value is -1.07. The number of nitrogen functional groups attached to an aromatic ring is 1. The van der Waals surface area contributed by atoms with E-state index in [-0.39, 0.29) is 5.84 Å². The van der Waals surface area contributed by atoms with E-state index in [1.54, 1.807) is 12.1 Å². The van der Waals surface area contributed by atoms with Crippen molar-refractivity contribution in [1.29, 1.82) is 5.41 Å². The number of benzene rings is 1. The van der Waals surface area contributed by atoms with Crippen molar-refractivity contribution in [3.8, 4) is 5.75 Å². The van der Waals surface area contributed by atoms with Crippen molar-refractivity contribution >= 4 is 21.8 Å². The summed E-state index contributed by atoms with van der Waals surface area (Å²) >= 11 is 3.45. The molecule has 0 aliphatic carbocycles. The van der Waals surface area contributed by atoms with E-state index in [1.807, 2.05) is 6.07 Å². The number of nitrogens with one attached hydrogen (secondary N) is 1. The van der Waals surface area contributed by atoms with Gasteiger partial charge in [0.1, 0.15) is 18.2 Å². The van der Waals surface area contributed by atoms with E-state index in [4.69, 9.17) is 15.9 Å². The summed E-state index contributed by atoms with van der Waals surface area (Å²) in [6.45, 7) is 10.3. The zero-order valence-corrected chi connectivity index (χ0v) is 14.2. The van der Waals surface area contributed by atoms with Gasteiger partial charge < -0.3 is 10.5 Å². The molecule has 0 aliphatic heterocycles. The predicted molar refractivity (Wildman–Crippen MR) is 87.6 cm³/mol. The maximum Gasteiger partial charge on any atom is 0.133 e. The van der Waals surface area contributed by atoms with E-state index in [9.17, 15) is 0 Å². The van der Waals surface area contributed by atoms with Crippen molar-refractivity contribution in [1.82, 2.24) is 4.90 Å². The molecule has 0 saturated heterocycles. The highest BCUT2D eigenvalue weighted by atomic mass is 79.9. The highest BCUT2D eigenvalue weighted by Crippen LogP contribution is 2.26. The van der Waals surface area contributed by atoms with Gasteiger partial charge in [-0.2, -0.15) is 0 Å². The number of ether oxygens (including phenoxy) is 1. The molecule has 0 aliphatic rings. The fourth-order valence-electron chi connectivity index (χ4n) is 2.16. The summed E-state index contributed by atoms with van der Waals surface area (Å²) in [4.78, 5) is 2.39. The summed E-state index contributed by atoms with van der Waals surface area (Å²) in [6, 6.07) is 6.45. The third-order valence-corrected chi connectivity index (χ3v) is 3.80. The second-order valence-corrected chi connectivity index (χ2v) is 6.19. The second-order valence-electron chi connectivity index (χ2n) is 5.33. The normalized spacial score (nSPS) is 11.4. The maximum atomic E-state index is 7.40. The zero-order chi connectivity index (χ0) is 15.3. The van der Waals surface area contributed by atoms with Crippen LogP contribution in [0.3, 0.4) is 0 Å². The predicted octanol–water partition coefficient (Wildman–Crippen LogP) is 3.23. The van der Waals surface area contributed by atoms with Gasteiger partial charge in [-0.25, -0.2) is 0 Å². The highest BCUT2D eigenvalue weighted by molar-refractivity contribution is 9.10. The Balaban J connectivity index is 2.60. The van der Waals surface area contributed by atoms with Crippen LogP contribution in [0, 0.1) is 5.41 Å². The number of rotatable bonds is 7. The molecule has 5 heteroatoms. The Labute approximate surface area is 129 Å². The van der Waals surface area contributed by atoms with Crippen molar-refractivity contribution in [2.45, 2.75) is 39.8 Å². The van der Waals surface area contributed by atoms with Crippen molar-refractivity contribution in [2.24, 2.45) is 5.73 Å². The molecule has 0 spiro atoms. The molecule has 0 saturated carbocycles. The van der Waals surface area contributed by atoms with Crippen LogP contribution in [0.5, 0.6) is 5.75 Å². The van der Waals surface area contributed by atoms with Gasteiger partial charge in [0.15, 0.2) is 0 Å². The average Bonchev–Trinajstić information content (AvgIpc) is 2.34. The average molecular weight is 342 g/mol. The lowest BCUT2D eigenvalue weighted by Crippen LogP contribution is -2.39. The lowest BCUT2D eigenvalue weighted by Gasteiger charge is -2.30. The lowest BCUT2D eigenvalue weighted by atomic mass is 10.2. The smallest absolute Gasteiger partial charge is 0.133 e. The number of nitrogens with zero attached hydrogens (tertiary/aromatic N) is 1. The summed E-state index contributed by atoms with van der Waals surface area (Å²) in [7, 11) is 0. The van der Waals surface area contributed by atoms with E-state index in [0.29, 0.717) is 24.3 Å². The van der Waals surface area contributed by atoms with Gasteiger partial charge in [-0.15, -0.1) is 0 Å². The molecule has 112 valence electrons. The summed E-state index contributed by atoms with van der Waals surface area (Å²) in [6.07, 6.45) is 0. The van der Waals surface area contributed by atoms with Crippen molar-refractivity contribution in [3.63, 3.8) is 0 Å². The van der Waals surface area contributed by atoms with Crippen LogP contribution in [0.2, 0.25) is 0 Å². The summed E-state index contributed by atoms with van der Waals surface area (Å²) in [5.74, 6) is 0.838. The molecule has 0 aromatic heterocycles. The molecule has 1 aromatic carbocycles. The highest BCUT2D eigenvalue weighted by Gasteiger charge is 2.13. The Morgan fingerprint density at radius 3 is 2.35 bits per heavy atom. The van der Waals surface area contributed by atoms with Crippen LogP contribution in [0.25, 0.3) is 0 Å². The molecule has 0 atom stereocenters. The van der Waals surface area contributed by atoms with E-state index in [0.717, 1.165) is 16.8 Å². The minimum absolute atomic E-state index is 0.0584. The summed E-state index contributed by atoms with van der Waals surface area (Å²) < 4.78 is 6.63. The molecule has 0 amide bonds. The fraction of sp³-hybridized carbons (Fsp3) is 0.533. The second kappa shape index (κ2) is 7.64. The first-order valence-electron chi connectivity index (χ1n) is 6.85. The quantitative estimate of drug-likeness (QED) is 0.591. The SMILES string of the molecule is CC(C)N(CCOc1ccc(C(=N)N)cc1Br)C(C)C.